The van der Waals surface area contributed by atoms with Crippen LogP contribution in [0.1, 0.15) is 29.5 Å². The summed E-state index contributed by atoms with van der Waals surface area (Å²) in [5.74, 6) is 0.990. The van der Waals surface area contributed by atoms with E-state index in [4.69, 9.17) is 21.4 Å². The summed E-state index contributed by atoms with van der Waals surface area (Å²) in [6, 6.07) is 21.4. The van der Waals surface area contributed by atoms with Crippen molar-refractivity contribution in [3.8, 4) is 5.75 Å². The van der Waals surface area contributed by atoms with Crippen molar-refractivity contribution in [3.05, 3.63) is 89.3 Å². The first-order valence-corrected chi connectivity index (χ1v) is 11.2. The minimum Gasteiger partial charge on any atom is -0.484 e. The third-order valence-corrected chi connectivity index (χ3v) is 5.31. The second-order valence-electron chi connectivity index (χ2n) is 7.74. The highest BCUT2D eigenvalue weighted by Crippen LogP contribution is 2.20. The molecule has 0 aliphatic rings. The minimum atomic E-state index is -0.324. The molecule has 168 valence electrons. The fraction of sp³-hybridized carbons (Fsp3) is 0.192. The molecule has 1 amide bonds. The number of aryl methyl sites for hydroxylation is 2. The number of hydrogen-bond acceptors (Lipinski definition) is 5. The van der Waals surface area contributed by atoms with E-state index >= 15 is 0 Å². The zero-order chi connectivity index (χ0) is 23.2. The van der Waals surface area contributed by atoms with E-state index in [-0.39, 0.29) is 17.6 Å². The summed E-state index contributed by atoms with van der Waals surface area (Å²) in [5, 5.41) is 5.85. The van der Waals surface area contributed by atoms with Crippen LogP contribution in [0.3, 0.4) is 0 Å². The Kier molecular flexibility index (Phi) is 7.00. The van der Waals surface area contributed by atoms with Crippen molar-refractivity contribution < 1.29 is 13.9 Å². The average molecular weight is 460 g/mol. The Labute approximate surface area is 198 Å². The lowest BCUT2D eigenvalue weighted by atomic mass is 10.1. The monoisotopic (exact) mass is 459 g/mol. The topological polar surface area (TPSA) is 76.4 Å². The number of thiocarbonyl (C=S) groups is 1. The van der Waals surface area contributed by atoms with Crippen LogP contribution < -0.4 is 15.4 Å². The number of nitrogens with zero attached hydrogens (tertiary/aromatic N) is 1. The van der Waals surface area contributed by atoms with Gasteiger partial charge in [-0.1, -0.05) is 37.3 Å². The smallest absolute Gasteiger partial charge is 0.264 e. The molecule has 0 saturated carbocycles. The molecule has 6 nitrogen and oxygen atoms in total. The third kappa shape index (κ3) is 6.17. The summed E-state index contributed by atoms with van der Waals surface area (Å²) in [4.78, 5) is 16.7. The predicted octanol–water partition coefficient (Wildman–Crippen LogP) is 5.18. The van der Waals surface area contributed by atoms with E-state index in [1.807, 2.05) is 73.7 Å². The van der Waals surface area contributed by atoms with Gasteiger partial charge in [0.1, 0.15) is 11.3 Å². The standard InChI is InChI=1S/C26H25N3O3S/c1-3-18-7-11-21(12-8-18)31-16-24(30)29-26(33)27-20-9-5-19(6-10-20)15-25-28-22-14-17(2)4-13-23(22)32-25/h4-14H,3,15-16H2,1-2H3,(H2,27,29,30,33). The average Bonchev–Trinajstić information content (AvgIpc) is 3.20. The van der Waals surface area contributed by atoms with Gasteiger partial charge in [-0.25, -0.2) is 4.98 Å². The zero-order valence-corrected chi connectivity index (χ0v) is 19.4. The van der Waals surface area contributed by atoms with E-state index in [0.717, 1.165) is 34.3 Å². The van der Waals surface area contributed by atoms with Gasteiger partial charge in [-0.05, 0) is 78.7 Å². The van der Waals surface area contributed by atoms with Crippen molar-refractivity contribution in [2.24, 2.45) is 0 Å². The maximum absolute atomic E-state index is 12.1. The molecule has 0 aliphatic heterocycles. The normalized spacial score (nSPS) is 10.7. The summed E-state index contributed by atoms with van der Waals surface area (Å²) in [7, 11) is 0. The molecule has 0 aliphatic carbocycles. The Balaban J connectivity index is 1.26. The summed E-state index contributed by atoms with van der Waals surface area (Å²) >= 11 is 5.24. The van der Waals surface area contributed by atoms with E-state index in [0.29, 0.717) is 18.1 Å². The minimum absolute atomic E-state index is 0.115. The Hall–Kier alpha value is -3.71. The molecular formula is C26H25N3O3S. The van der Waals surface area contributed by atoms with Crippen LogP contribution in [-0.4, -0.2) is 22.6 Å². The Morgan fingerprint density at radius 3 is 2.48 bits per heavy atom. The van der Waals surface area contributed by atoms with Crippen LogP contribution in [0.2, 0.25) is 0 Å². The number of fused-ring (bicyclic) bond motifs is 1. The Morgan fingerprint density at radius 1 is 1.03 bits per heavy atom. The predicted molar refractivity (Wildman–Crippen MR) is 134 cm³/mol. The molecule has 0 radical (unpaired) electrons. The van der Waals surface area contributed by atoms with Gasteiger partial charge >= 0.3 is 0 Å². The molecule has 3 aromatic carbocycles. The van der Waals surface area contributed by atoms with Crippen LogP contribution in [0.4, 0.5) is 5.69 Å². The van der Waals surface area contributed by atoms with Gasteiger partial charge in [-0.2, -0.15) is 0 Å². The summed E-state index contributed by atoms with van der Waals surface area (Å²) in [5.41, 5.74) is 5.85. The van der Waals surface area contributed by atoms with Crippen LogP contribution in [0.15, 0.2) is 71.1 Å². The molecule has 0 atom stereocenters. The van der Waals surface area contributed by atoms with Crippen LogP contribution in [0, 0.1) is 6.92 Å². The van der Waals surface area contributed by atoms with Gasteiger partial charge in [0.15, 0.2) is 23.2 Å². The lowest BCUT2D eigenvalue weighted by Gasteiger charge is -2.11. The van der Waals surface area contributed by atoms with Crippen LogP contribution in [-0.2, 0) is 17.6 Å². The first-order chi connectivity index (χ1) is 16.0. The molecule has 0 saturated heterocycles. The Morgan fingerprint density at radius 2 is 1.76 bits per heavy atom. The SMILES string of the molecule is CCc1ccc(OCC(=O)NC(=S)Nc2ccc(Cc3nc4cc(C)ccc4o3)cc2)cc1. The quantitative estimate of drug-likeness (QED) is 0.371. The lowest BCUT2D eigenvalue weighted by molar-refractivity contribution is -0.121. The first-order valence-electron chi connectivity index (χ1n) is 10.8. The van der Waals surface area contributed by atoms with Crippen molar-refractivity contribution in [1.29, 1.82) is 0 Å². The van der Waals surface area contributed by atoms with Gasteiger partial charge in [0.25, 0.3) is 5.91 Å². The molecular weight excluding hydrogens is 434 g/mol. The van der Waals surface area contributed by atoms with Gasteiger partial charge in [0, 0.05) is 12.1 Å². The maximum Gasteiger partial charge on any atom is 0.264 e. The van der Waals surface area contributed by atoms with E-state index in [2.05, 4.69) is 22.5 Å². The number of rotatable bonds is 7. The molecule has 2 N–H and O–H groups in total. The van der Waals surface area contributed by atoms with Crippen LogP contribution in [0.25, 0.3) is 11.1 Å². The summed E-state index contributed by atoms with van der Waals surface area (Å²) in [6.45, 7) is 4.00. The second-order valence-corrected chi connectivity index (χ2v) is 8.15. The van der Waals surface area contributed by atoms with E-state index in [1.54, 1.807) is 0 Å². The highest BCUT2D eigenvalue weighted by Gasteiger charge is 2.09. The molecule has 1 aromatic heterocycles. The van der Waals surface area contributed by atoms with Crippen molar-refractivity contribution >= 4 is 40.0 Å². The molecule has 0 bridgehead atoms. The van der Waals surface area contributed by atoms with Gasteiger partial charge in [-0.15, -0.1) is 0 Å². The Bertz CT molecular complexity index is 1260. The number of ether oxygens (including phenoxy) is 1. The van der Waals surface area contributed by atoms with Crippen molar-refractivity contribution in [2.45, 2.75) is 26.7 Å². The van der Waals surface area contributed by atoms with Crippen LogP contribution in [0.5, 0.6) is 5.75 Å². The highest BCUT2D eigenvalue weighted by atomic mass is 32.1. The highest BCUT2D eigenvalue weighted by molar-refractivity contribution is 7.80. The van der Waals surface area contributed by atoms with Gasteiger partial charge in [0.05, 0.1) is 0 Å². The van der Waals surface area contributed by atoms with Crippen molar-refractivity contribution in [3.63, 3.8) is 0 Å². The van der Waals surface area contributed by atoms with Crippen molar-refractivity contribution in [1.82, 2.24) is 10.3 Å². The van der Waals surface area contributed by atoms with Crippen molar-refractivity contribution in [2.75, 3.05) is 11.9 Å². The molecule has 4 aromatic rings. The number of hydrogen-bond donors (Lipinski definition) is 2. The van der Waals surface area contributed by atoms with Gasteiger partial charge in [0.2, 0.25) is 0 Å². The number of anilines is 1. The molecule has 0 spiro atoms. The molecule has 4 rings (SSSR count). The third-order valence-electron chi connectivity index (χ3n) is 5.11. The number of amides is 1. The van der Waals surface area contributed by atoms with E-state index < -0.39 is 0 Å². The van der Waals surface area contributed by atoms with E-state index in [1.165, 1.54) is 5.56 Å². The number of carbonyl (C=O) groups excluding carboxylic acids is 1. The number of oxazole rings is 1. The fourth-order valence-electron chi connectivity index (χ4n) is 3.34. The van der Waals surface area contributed by atoms with Crippen LogP contribution >= 0.6 is 12.2 Å². The number of nitrogens with one attached hydrogen (secondary N) is 2. The maximum atomic E-state index is 12.1. The second kappa shape index (κ2) is 10.3. The number of aromatic nitrogens is 1. The molecule has 0 fully saturated rings. The largest absolute Gasteiger partial charge is 0.484 e. The molecule has 0 unspecified atom stereocenters. The molecule has 7 heteroatoms. The fourth-order valence-corrected chi connectivity index (χ4v) is 3.57. The zero-order valence-electron chi connectivity index (χ0n) is 18.6. The van der Waals surface area contributed by atoms with Gasteiger partial charge in [-0.3, -0.25) is 10.1 Å². The van der Waals surface area contributed by atoms with E-state index in [9.17, 15) is 4.79 Å². The number of carbonyl (C=O) groups is 1. The summed E-state index contributed by atoms with van der Waals surface area (Å²) in [6.07, 6.45) is 1.55. The first kappa shape index (κ1) is 22.5. The lowest BCUT2D eigenvalue weighted by Crippen LogP contribution is -2.37. The molecule has 33 heavy (non-hydrogen) atoms. The van der Waals surface area contributed by atoms with Gasteiger partial charge < -0.3 is 14.5 Å². The summed E-state index contributed by atoms with van der Waals surface area (Å²) < 4.78 is 11.3. The number of benzene rings is 3. The molecule has 1 heterocycles.